The molecule has 0 N–H and O–H groups in total. The number of ether oxygens (including phenoxy) is 1. The van der Waals surface area contributed by atoms with Crippen LogP contribution in [0.15, 0.2) is 48.6 Å². The van der Waals surface area contributed by atoms with Gasteiger partial charge in [0, 0.05) is 6.92 Å². The van der Waals surface area contributed by atoms with Gasteiger partial charge in [-0.15, -0.1) is 0 Å². The summed E-state index contributed by atoms with van der Waals surface area (Å²) in [6, 6.07) is 7.65. The van der Waals surface area contributed by atoms with Crippen LogP contribution in [0.3, 0.4) is 0 Å². The molecule has 0 aromatic heterocycles. The molecule has 2 nitrogen and oxygen atoms in total. The number of carbonyl (C=O) groups is 1. The minimum atomic E-state index is -0.282. The van der Waals surface area contributed by atoms with E-state index in [0.29, 0.717) is 5.75 Å². The second-order valence-electron chi connectivity index (χ2n) is 4.09. The van der Waals surface area contributed by atoms with Crippen LogP contribution in [0, 0.1) is 0 Å². The monoisotopic (exact) mass is 244 g/mol. The molecule has 0 saturated carbocycles. The fraction of sp³-hybridized carbons (Fsp3) is 0.312. The number of hydrogen-bond donors (Lipinski definition) is 0. The van der Waals surface area contributed by atoms with E-state index >= 15 is 0 Å². The zero-order valence-corrected chi connectivity index (χ0v) is 11.1. The van der Waals surface area contributed by atoms with Gasteiger partial charge in [0.25, 0.3) is 0 Å². The van der Waals surface area contributed by atoms with E-state index in [9.17, 15) is 4.79 Å². The van der Waals surface area contributed by atoms with Gasteiger partial charge in [0.05, 0.1) is 0 Å². The lowest BCUT2D eigenvalue weighted by atomic mass is 10.0. The molecule has 2 heteroatoms. The maximum Gasteiger partial charge on any atom is 0.308 e. The molecule has 0 heterocycles. The van der Waals surface area contributed by atoms with Gasteiger partial charge in [-0.1, -0.05) is 49.4 Å². The lowest BCUT2D eigenvalue weighted by Gasteiger charge is -2.09. The molecule has 0 aliphatic carbocycles. The Balaban J connectivity index is 2.75. The number of hydrogen-bond acceptors (Lipinski definition) is 2. The first kappa shape index (κ1) is 14.2. The van der Waals surface area contributed by atoms with Crippen molar-refractivity contribution in [3.63, 3.8) is 0 Å². The van der Waals surface area contributed by atoms with Crippen LogP contribution in [0.4, 0.5) is 0 Å². The highest BCUT2D eigenvalue weighted by Gasteiger charge is 2.05. The molecule has 0 unspecified atom stereocenters. The van der Waals surface area contributed by atoms with Crippen molar-refractivity contribution in [2.75, 3.05) is 0 Å². The van der Waals surface area contributed by atoms with E-state index in [4.69, 9.17) is 4.74 Å². The molecule has 0 aliphatic rings. The lowest BCUT2D eigenvalue weighted by molar-refractivity contribution is -0.131. The molecule has 0 radical (unpaired) electrons. The van der Waals surface area contributed by atoms with Crippen LogP contribution in [-0.4, -0.2) is 5.97 Å². The van der Waals surface area contributed by atoms with E-state index in [2.05, 4.69) is 19.6 Å². The summed E-state index contributed by atoms with van der Waals surface area (Å²) in [6.45, 7) is 7.34. The summed E-state index contributed by atoms with van der Waals surface area (Å²) in [5.74, 6) is 0.375. The number of allylic oxidation sites excluding steroid dienone is 3. The quantitative estimate of drug-likeness (QED) is 0.428. The average Bonchev–Trinajstić information content (AvgIpc) is 2.35. The largest absolute Gasteiger partial charge is 0.426 e. The number of carbonyl (C=O) groups excluding carboxylic acids is 1. The highest BCUT2D eigenvalue weighted by molar-refractivity contribution is 5.69. The van der Waals surface area contributed by atoms with E-state index in [1.54, 1.807) is 0 Å². The maximum atomic E-state index is 11.0. The van der Waals surface area contributed by atoms with Crippen molar-refractivity contribution in [2.45, 2.75) is 33.1 Å². The smallest absolute Gasteiger partial charge is 0.308 e. The van der Waals surface area contributed by atoms with E-state index in [1.165, 1.54) is 12.5 Å². The minimum absolute atomic E-state index is 0.282. The van der Waals surface area contributed by atoms with Gasteiger partial charge in [-0.05, 0) is 30.9 Å². The molecule has 0 fully saturated rings. The first-order chi connectivity index (χ1) is 8.67. The first-order valence-electron chi connectivity index (χ1n) is 6.25. The van der Waals surface area contributed by atoms with Gasteiger partial charge in [-0.25, -0.2) is 0 Å². The van der Waals surface area contributed by atoms with Crippen LogP contribution in [0.2, 0.25) is 0 Å². The van der Waals surface area contributed by atoms with Crippen LogP contribution in [-0.2, 0) is 11.2 Å². The molecule has 0 spiro atoms. The van der Waals surface area contributed by atoms with Gasteiger partial charge >= 0.3 is 5.97 Å². The molecule has 1 aromatic carbocycles. The van der Waals surface area contributed by atoms with Gasteiger partial charge < -0.3 is 4.74 Å². The summed E-state index contributed by atoms with van der Waals surface area (Å²) >= 11 is 0. The van der Waals surface area contributed by atoms with Crippen molar-refractivity contribution in [1.29, 1.82) is 0 Å². The number of aryl methyl sites for hydroxylation is 1. The summed E-state index contributed by atoms with van der Waals surface area (Å²) < 4.78 is 5.19. The second-order valence-corrected chi connectivity index (χ2v) is 4.09. The Morgan fingerprint density at radius 3 is 2.72 bits per heavy atom. The third-order valence-corrected chi connectivity index (χ3v) is 2.64. The predicted molar refractivity (Wildman–Crippen MR) is 74.6 cm³/mol. The highest BCUT2D eigenvalue weighted by atomic mass is 16.5. The van der Waals surface area contributed by atoms with Crippen LogP contribution < -0.4 is 4.74 Å². The van der Waals surface area contributed by atoms with Crippen LogP contribution in [0.5, 0.6) is 5.75 Å². The van der Waals surface area contributed by atoms with Crippen LogP contribution >= 0.6 is 0 Å². The van der Waals surface area contributed by atoms with Crippen molar-refractivity contribution in [2.24, 2.45) is 0 Å². The summed E-state index contributed by atoms with van der Waals surface area (Å²) in [5.41, 5.74) is 2.28. The number of esters is 1. The molecule has 18 heavy (non-hydrogen) atoms. The van der Waals surface area contributed by atoms with Gasteiger partial charge in [0.15, 0.2) is 0 Å². The molecule has 1 rings (SSSR count). The Hall–Kier alpha value is -1.83. The third kappa shape index (κ3) is 4.58. The molecule has 0 atom stereocenters. The Kier molecular flexibility index (Phi) is 5.92. The highest BCUT2D eigenvalue weighted by Crippen LogP contribution is 2.21. The second kappa shape index (κ2) is 7.49. The minimum Gasteiger partial charge on any atom is -0.426 e. The molecule has 0 aliphatic heterocycles. The van der Waals surface area contributed by atoms with E-state index in [0.717, 1.165) is 24.8 Å². The van der Waals surface area contributed by atoms with Crippen molar-refractivity contribution < 1.29 is 9.53 Å². The van der Waals surface area contributed by atoms with Crippen LogP contribution in [0.1, 0.15) is 32.3 Å². The zero-order valence-electron chi connectivity index (χ0n) is 11.1. The van der Waals surface area contributed by atoms with Gasteiger partial charge in [-0.2, -0.15) is 0 Å². The normalized spacial score (nSPS) is 11.1. The van der Waals surface area contributed by atoms with E-state index < -0.39 is 0 Å². The average molecular weight is 244 g/mol. The molecule has 0 bridgehead atoms. The van der Waals surface area contributed by atoms with Crippen LogP contribution in [0.25, 0.3) is 0 Å². The molecule has 0 amide bonds. The third-order valence-electron chi connectivity index (χ3n) is 2.64. The van der Waals surface area contributed by atoms with E-state index in [-0.39, 0.29) is 5.97 Å². The zero-order chi connectivity index (χ0) is 13.4. The number of benzene rings is 1. The fourth-order valence-corrected chi connectivity index (χ4v) is 1.79. The molecular weight excluding hydrogens is 224 g/mol. The Labute approximate surface area is 109 Å². The molecule has 0 saturated heterocycles. The SMILES string of the molecule is C=CC(=CCC)CCc1ccccc1OC(C)=O. The van der Waals surface area contributed by atoms with Gasteiger partial charge in [0.1, 0.15) is 5.75 Å². The topological polar surface area (TPSA) is 26.3 Å². The van der Waals surface area contributed by atoms with Crippen molar-refractivity contribution in [3.8, 4) is 5.75 Å². The number of para-hydroxylation sites is 1. The summed E-state index contributed by atoms with van der Waals surface area (Å²) in [7, 11) is 0. The Bertz CT molecular complexity index is 444. The summed E-state index contributed by atoms with van der Waals surface area (Å²) in [5, 5.41) is 0. The fourth-order valence-electron chi connectivity index (χ4n) is 1.79. The van der Waals surface area contributed by atoms with Crippen molar-refractivity contribution in [1.82, 2.24) is 0 Å². The first-order valence-corrected chi connectivity index (χ1v) is 6.25. The van der Waals surface area contributed by atoms with Gasteiger partial charge in [0.2, 0.25) is 0 Å². The predicted octanol–water partition coefficient (Wildman–Crippen LogP) is 4.07. The lowest BCUT2D eigenvalue weighted by Crippen LogP contribution is -2.04. The maximum absolute atomic E-state index is 11.0. The van der Waals surface area contributed by atoms with Crippen molar-refractivity contribution >= 4 is 5.97 Å². The molecular formula is C16H20O2. The van der Waals surface area contributed by atoms with Gasteiger partial charge in [-0.3, -0.25) is 4.79 Å². The standard InChI is InChI=1S/C16H20O2/c1-4-8-14(5-2)11-12-15-9-6-7-10-16(15)18-13(3)17/h5-10H,2,4,11-12H2,1,3H3. The molecule has 96 valence electrons. The Morgan fingerprint density at radius 2 is 2.11 bits per heavy atom. The summed E-state index contributed by atoms with van der Waals surface area (Å²) in [4.78, 5) is 11.0. The molecule has 1 aromatic rings. The van der Waals surface area contributed by atoms with E-state index in [1.807, 2.05) is 30.3 Å². The number of rotatable bonds is 6. The Morgan fingerprint density at radius 1 is 1.39 bits per heavy atom. The summed E-state index contributed by atoms with van der Waals surface area (Å²) in [6.07, 6.45) is 6.82. The van der Waals surface area contributed by atoms with Crippen molar-refractivity contribution in [3.05, 3.63) is 54.1 Å².